The van der Waals surface area contributed by atoms with Crippen LogP contribution >= 0.6 is 21.6 Å². The van der Waals surface area contributed by atoms with E-state index in [-0.39, 0.29) is 62.3 Å². The highest BCUT2D eigenvalue weighted by atomic mass is 33.1. The standard InChI is InChI=1S/C51H68N12O10S2/c1-28(2)43(44(55)66)63-51(73)41-27-75-74-26-40(61-45(67)34(53)19-20-42(54)65)50(72)59-37(22-29-10-4-3-5-11-29)47(69)60-39(24-31-25-56-35-13-7-6-12-33(31)35)49(71)57-36(14-8-9-21-52)46(68)58-38(48(70)62-41)23-30-15-17-32(64)18-16-30/h3-7,10-13,15-18,25,28,34,36-41,43,56,64H,8-9,14,19-24,26-27,52-53H2,1-2H3,(H2,54,65)(H2,55,66)(H,57,71)(H,58,68)(H,59,72)(H,60,69)(H,61,67)(H,62,70)(H,63,73)/t34-,36-,37-,38-,39-,40-,41-,43-/m0/s1. The first-order chi connectivity index (χ1) is 35.8. The van der Waals surface area contributed by atoms with Crippen molar-refractivity contribution in [2.24, 2.45) is 28.9 Å². The van der Waals surface area contributed by atoms with E-state index in [1.54, 1.807) is 62.5 Å². The topological polar surface area (TPSA) is 378 Å². The van der Waals surface area contributed by atoms with Gasteiger partial charge in [-0.25, -0.2) is 0 Å². The summed E-state index contributed by atoms with van der Waals surface area (Å²) >= 11 is 0. The van der Waals surface area contributed by atoms with Gasteiger partial charge in [0.25, 0.3) is 0 Å². The largest absolute Gasteiger partial charge is 0.508 e. The van der Waals surface area contributed by atoms with Gasteiger partial charge in [0.15, 0.2) is 0 Å². The molecule has 2 heterocycles. The van der Waals surface area contributed by atoms with Crippen molar-refractivity contribution in [3.63, 3.8) is 0 Å². The summed E-state index contributed by atoms with van der Waals surface area (Å²) in [6, 6.07) is 11.3. The number of nitrogens with one attached hydrogen (secondary N) is 8. The third-order valence-electron chi connectivity index (χ3n) is 12.4. The van der Waals surface area contributed by atoms with Crippen LogP contribution in [0.3, 0.4) is 0 Å². The number of rotatable bonds is 19. The molecular formula is C51H68N12O10S2. The Bertz CT molecular complexity index is 2620. The predicted molar refractivity (Wildman–Crippen MR) is 286 cm³/mol. The first-order valence-electron chi connectivity index (χ1n) is 24.6. The number of primary amides is 2. The number of aromatic hydroxyl groups is 1. The molecule has 1 saturated heterocycles. The Morgan fingerprint density at radius 3 is 1.88 bits per heavy atom. The summed E-state index contributed by atoms with van der Waals surface area (Å²) < 4.78 is 0. The van der Waals surface area contributed by atoms with Gasteiger partial charge in [0.05, 0.1) is 6.04 Å². The third kappa shape index (κ3) is 18.3. The van der Waals surface area contributed by atoms with Crippen molar-refractivity contribution >= 4 is 85.7 Å². The predicted octanol–water partition coefficient (Wildman–Crippen LogP) is -0.447. The average molecular weight is 1070 g/mol. The van der Waals surface area contributed by atoms with Gasteiger partial charge in [-0.1, -0.05) is 96.1 Å². The van der Waals surface area contributed by atoms with E-state index in [4.69, 9.17) is 22.9 Å². The van der Waals surface area contributed by atoms with Crippen LogP contribution in [-0.2, 0) is 62.4 Å². The maximum absolute atomic E-state index is 14.8. The van der Waals surface area contributed by atoms with Gasteiger partial charge in [-0.2, -0.15) is 0 Å². The summed E-state index contributed by atoms with van der Waals surface area (Å²) in [4.78, 5) is 128. The molecule has 5 rings (SSSR count). The quantitative estimate of drug-likeness (QED) is 0.0418. The number of fused-ring (bicyclic) bond motifs is 1. The smallest absolute Gasteiger partial charge is 0.244 e. The highest BCUT2D eigenvalue weighted by molar-refractivity contribution is 8.76. The van der Waals surface area contributed by atoms with Gasteiger partial charge in [-0.05, 0) is 73.0 Å². The van der Waals surface area contributed by atoms with E-state index in [0.29, 0.717) is 29.5 Å². The van der Waals surface area contributed by atoms with Crippen LogP contribution in [0.4, 0.5) is 0 Å². The molecule has 0 bridgehead atoms. The summed E-state index contributed by atoms with van der Waals surface area (Å²) in [5, 5.41) is 29.9. The van der Waals surface area contributed by atoms with Gasteiger partial charge >= 0.3 is 0 Å². The van der Waals surface area contributed by atoms with Gasteiger partial charge in [-0.3, -0.25) is 43.2 Å². The van der Waals surface area contributed by atoms with E-state index in [9.17, 15) is 48.3 Å². The number of amides is 9. The fourth-order valence-electron chi connectivity index (χ4n) is 8.11. The minimum atomic E-state index is -1.41. The van der Waals surface area contributed by atoms with E-state index in [2.05, 4.69) is 42.2 Å². The number of aromatic amines is 1. The van der Waals surface area contributed by atoms with Crippen LogP contribution in [0, 0.1) is 5.92 Å². The molecule has 404 valence electrons. The summed E-state index contributed by atoms with van der Waals surface area (Å²) in [6.45, 7) is 3.59. The highest BCUT2D eigenvalue weighted by Gasteiger charge is 2.36. The van der Waals surface area contributed by atoms with Gasteiger partial charge in [0.2, 0.25) is 53.2 Å². The van der Waals surface area contributed by atoms with Crippen LogP contribution in [0.25, 0.3) is 10.9 Å². The summed E-state index contributed by atoms with van der Waals surface area (Å²) in [6.07, 6.45) is 1.87. The lowest BCUT2D eigenvalue weighted by Crippen LogP contribution is -2.61. The normalized spacial score (nSPS) is 21.3. The van der Waals surface area contributed by atoms with Crippen molar-refractivity contribution in [1.82, 2.24) is 42.2 Å². The lowest BCUT2D eigenvalue weighted by Gasteiger charge is -2.29. The molecule has 1 aliphatic heterocycles. The molecule has 22 nitrogen and oxygen atoms in total. The molecule has 1 aromatic heterocycles. The van der Waals surface area contributed by atoms with Crippen LogP contribution in [0.2, 0.25) is 0 Å². The number of phenolic OH excluding ortho intramolecular Hbond substituents is 1. The minimum Gasteiger partial charge on any atom is -0.508 e. The van der Waals surface area contributed by atoms with Crippen molar-refractivity contribution in [1.29, 1.82) is 0 Å². The molecule has 8 atom stereocenters. The Labute approximate surface area is 442 Å². The van der Waals surface area contributed by atoms with Crippen LogP contribution in [0.5, 0.6) is 5.75 Å². The second kappa shape index (κ2) is 29.1. The van der Waals surface area contributed by atoms with Crippen LogP contribution in [-0.4, -0.2) is 130 Å². The van der Waals surface area contributed by atoms with Crippen molar-refractivity contribution < 1.29 is 48.3 Å². The van der Waals surface area contributed by atoms with E-state index < -0.39 is 107 Å². The van der Waals surface area contributed by atoms with Gasteiger partial charge in [0.1, 0.15) is 48.0 Å². The number of carbonyl (C=O) groups is 9. The average Bonchev–Trinajstić information content (AvgIpc) is 3.79. The maximum atomic E-state index is 14.8. The second-order valence-electron chi connectivity index (χ2n) is 18.6. The molecule has 0 aliphatic carbocycles. The van der Waals surface area contributed by atoms with Crippen molar-refractivity contribution in [2.45, 2.75) is 114 Å². The molecule has 17 N–H and O–H groups in total. The number of hydrogen-bond acceptors (Lipinski definition) is 14. The van der Waals surface area contributed by atoms with E-state index in [1.165, 1.54) is 12.1 Å². The minimum absolute atomic E-state index is 0.0463. The molecular weight excluding hydrogens is 1000 g/mol. The van der Waals surface area contributed by atoms with Crippen molar-refractivity contribution in [3.8, 4) is 5.75 Å². The molecule has 0 saturated carbocycles. The molecule has 24 heteroatoms. The Morgan fingerprint density at radius 2 is 1.25 bits per heavy atom. The number of carbonyl (C=O) groups excluding carboxylic acids is 9. The number of H-pyrrole nitrogens is 1. The molecule has 9 amide bonds. The molecule has 0 radical (unpaired) electrons. The van der Waals surface area contributed by atoms with Crippen LogP contribution in [0.1, 0.15) is 62.6 Å². The first kappa shape index (κ1) is 58.7. The molecule has 3 aromatic carbocycles. The van der Waals surface area contributed by atoms with Gasteiger partial charge in [-0.15, -0.1) is 0 Å². The molecule has 4 aromatic rings. The monoisotopic (exact) mass is 1070 g/mol. The number of benzene rings is 3. The zero-order valence-corrected chi connectivity index (χ0v) is 43.4. The number of nitrogens with two attached hydrogens (primary N) is 4. The SMILES string of the molecule is CC(C)[C@H](NC(=O)[C@@H]1CSSC[C@H](NC(=O)[C@@H](N)CCC(N)=O)C(=O)N[C@@H](Cc2ccccc2)C(=O)N[C@@H](Cc2c[nH]c3ccccc23)C(=O)N[C@@H](CCCCN)C(=O)N[C@@H](Cc2ccc(O)cc2)C(=O)N1)C(N)=O. The maximum Gasteiger partial charge on any atom is 0.244 e. The third-order valence-corrected chi connectivity index (χ3v) is 14.8. The van der Waals surface area contributed by atoms with Crippen molar-refractivity contribution in [3.05, 3.63) is 102 Å². The van der Waals surface area contributed by atoms with E-state index >= 15 is 0 Å². The fraction of sp³-hybridized carbons (Fsp3) is 0.431. The van der Waals surface area contributed by atoms with E-state index in [1.807, 2.05) is 24.3 Å². The van der Waals surface area contributed by atoms with Crippen LogP contribution < -0.4 is 60.2 Å². The Hall–Kier alpha value is -7.15. The summed E-state index contributed by atoms with van der Waals surface area (Å²) in [5.41, 5.74) is 25.5. The lowest BCUT2D eigenvalue weighted by molar-refractivity contribution is -0.135. The zero-order valence-electron chi connectivity index (χ0n) is 41.8. The zero-order chi connectivity index (χ0) is 54.6. The number of phenols is 1. The van der Waals surface area contributed by atoms with Crippen molar-refractivity contribution in [2.75, 3.05) is 18.1 Å². The molecule has 75 heavy (non-hydrogen) atoms. The fourth-order valence-corrected chi connectivity index (χ4v) is 10.4. The lowest BCUT2D eigenvalue weighted by atomic mass is 10.0. The van der Waals surface area contributed by atoms with Gasteiger partial charge < -0.3 is 70.2 Å². The number of hydrogen-bond donors (Lipinski definition) is 13. The number of unbranched alkanes of at least 4 members (excludes halogenated alkanes) is 1. The Kier molecular flexibility index (Phi) is 22.8. The highest BCUT2D eigenvalue weighted by Crippen LogP contribution is 2.25. The molecule has 1 aliphatic rings. The molecule has 1 fully saturated rings. The number of para-hydroxylation sites is 1. The number of aromatic nitrogens is 1. The van der Waals surface area contributed by atoms with Crippen LogP contribution in [0.15, 0.2) is 85.1 Å². The second-order valence-corrected chi connectivity index (χ2v) is 21.1. The molecule has 0 unspecified atom stereocenters. The van der Waals surface area contributed by atoms with E-state index in [0.717, 1.165) is 32.5 Å². The summed E-state index contributed by atoms with van der Waals surface area (Å²) in [7, 11) is 2.02. The Balaban J connectivity index is 1.61. The molecule has 0 spiro atoms. The first-order valence-corrected chi connectivity index (χ1v) is 27.1. The summed E-state index contributed by atoms with van der Waals surface area (Å²) in [5.74, 6) is -8.11. The van der Waals surface area contributed by atoms with Gasteiger partial charge in [0, 0.05) is 54.3 Å². The Morgan fingerprint density at radius 1 is 0.693 bits per heavy atom.